The third-order valence-corrected chi connectivity index (χ3v) is 5.46. The molecule has 3 heteroatoms. The van der Waals surface area contributed by atoms with Crippen LogP contribution in [0.25, 0.3) is 0 Å². The van der Waals surface area contributed by atoms with E-state index in [0.717, 1.165) is 18.6 Å². The Hall–Kier alpha value is -0.930. The van der Waals surface area contributed by atoms with Crippen molar-refractivity contribution in [3.63, 3.8) is 0 Å². The molecule has 4 unspecified atom stereocenters. The zero-order valence-corrected chi connectivity index (χ0v) is 13.4. The second kappa shape index (κ2) is 5.36. The van der Waals surface area contributed by atoms with Crippen LogP contribution in [0.4, 0.5) is 4.39 Å². The van der Waals surface area contributed by atoms with Gasteiger partial charge in [0, 0.05) is 30.0 Å². The van der Waals surface area contributed by atoms with Crippen molar-refractivity contribution < 1.29 is 9.13 Å². The number of fused-ring (bicyclic) bond motifs is 1. The first-order valence-corrected chi connectivity index (χ1v) is 8.05. The van der Waals surface area contributed by atoms with Gasteiger partial charge in [-0.1, -0.05) is 26.0 Å². The molecule has 2 nitrogen and oxygen atoms in total. The van der Waals surface area contributed by atoms with Gasteiger partial charge in [0.25, 0.3) is 0 Å². The maximum Gasteiger partial charge on any atom is 0.126 e. The molecule has 0 radical (unpaired) electrons. The van der Waals surface area contributed by atoms with Gasteiger partial charge in [-0.05, 0) is 43.9 Å². The smallest absolute Gasteiger partial charge is 0.126 e. The molecule has 0 bridgehead atoms. The third-order valence-electron chi connectivity index (χ3n) is 5.46. The number of hydrogen-bond donors (Lipinski definition) is 1. The van der Waals surface area contributed by atoms with E-state index in [4.69, 9.17) is 4.74 Å². The minimum atomic E-state index is -0.118. The van der Waals surface area contributed by atoms with Gasteiger partial charge in [-0.2, -0.15) is 0 Å². The van der Waals surface area contributed by atoms with Crippen molar-refractivity contribution in [2.75, 3.05) is 6.61 Å². The van der Waals surface area contributed by atoms with Gasteiger partial charge in [-0.15, -0.1) is 0 Å². The SMILES string of the molecule is Cc1ccc(C(C)NC2C3CCCOC3C2(C)C)cc1F. The highest BCUT2D eigenvalue weighted by Gasteiger charge is 2.57. The van der Waals surface area contributed by atoms with E-state index in [2.05, 4.69) is 26.1 Å². The van der Waals surface area contributed by atoms with Crippen molar-refractivity contribution >= 4 is 0 Å². The fraction of sp³-hybridized carbons (Fsp3) is 0.667. The third kappa shape index (κ3) is 2.51. The average molecular weight is 291 g/mol. The normalized spacial score (nSPS) is 32.1. The van der Waals surface area contributed by atoms with E-state index in [-0.39, 0.29) is 17.3 Å². The molecule has 2 fully saturated rings. The number of nitrogens with one attached hydrogen (secondary N) is 1. The molecule has 4 atom stereocenters. The first-order chi connectivity index (χ1) is 9.91. The Morgan fingerprint density at radius 2 is 2.14 bits per heavy atom. The van der Waals surface area contributed by atoms with Gasteiger partial charge in [0.2, 0.25) is 0 Å². The Morgan fingerprint density at radius 1 is 1.38 bits per heavy atom. The number of benzene rings is 1. The lowest BCUT2D eigenvalue weighted by Gasteiger charge is -2.60. The van der Waals surface area contributed by atoms with Crippen molar-refractivity contribution in [2.45, 2.75) is 58.7 Å². The molecule has 1 aliphatic carbocycles. The Kier molecular flexibility index (Phi) is 3.83. The fourth-order valence-electron chi connectivity index (χ4n) is 4.10. The molecule has 1 heterocycles. The quantitative estimate of drug-likeness (QED) is 0.909. The zero-order valence-electron chi connectivity index (χ0n) is 13.4. The van der Waals surface area contributed by atoms with Crippen molar-refractivity contribution in [1.29, 1.82) is 0 Å². The Labute approximate surface area is 127 Å². The summed E-state index contributed by atoms with van der Waals surface area (Å²) in [7, 11) is 0. The highest BCUT2D eigenvalue weighted by Crippen LogP contribution is 2.51. The molecule has 1 saturated heterocycles. The fourth-order valence-corrected chi connectivity index (χ4v) is 4.10. The number of aryl methyl sites for hydroxylation is 1. The Bertz CT molecular complexity index is 528. The van der Waals surface area contributed by atoms with Gasteiger partial charge in [-0.25, -0.2) is 4.39 Å². The molecule has 1 N–H and O–H groups in total. The van der Waals surface area contributed by atoms with E-state index in [1.807, 2.05) is 12.1 Å². The van der Waals surface area contributed by atoms with Crippen LogP contribution in [-0.2, 0) is 4.74 Å². The van der Waals surface area contributed by atoms with Crippen LogP contribution in [-0.4, -0.2) is 18.8 Å². The summed E-state index contributed by atoms with van der Waals surface area (Å²) in [4.78, 5) is 0. The average Bonchev–Trinajstić information content (AvgIpc) is 2.47. The van der Waals surface area contributed by atoms with Crippen LogP contribution in [0.1, 0.15) is 50.8 Å². The number of halogens is 1. The largest absolute Gasteiger partial charge is 0.377 e. The molecule has 1 aromatic carbocycles. The van der Waals surface area contributed by atoms with Gasteiger partial charge in [0.05, 0.1) is 6.10 Å². The van der Waals surface area contributed by atoms with Crippen molar-refractivity contribution in [2.24, 2.45) is 11.3 Å². The van der Waals surface area contributed by atoms with Crippen LogP contribution < -0.4 is 5.32 Å². The first-order valence-electron chi connectivity index (χ1n) is 8.05. The molecule has 0 amide bonds. The second-order valence-electron chi connectivity index (χ2n) is 7.29. The molecule has 2 aliphatic rings. The lowest BCUT2D eigenvalue weighted by Crippen LogP contribution is -2.69. The second-order valence-corrected chi connectivity index (χ2v) is 7.29. The lowest BCUT2D eigenvalue weighted by atomic mass is 9.55. The summed E-state index contributed by atoms with van der Waals surface area (Å²) in [6, 6.07) is 6.15. The van der Waals surface area contributed by atoms with Gasteiger partial charge in [0.15, 0.2) is 0 Å². The van der Waals surface area contributed by atoms with Crippen LogP contribution in [0.15, 0.2) is 18.2 Å². The molecule has 21 heavy (non-hydrogen) atoms. The van der Waals surface area contributed by atoms with Gasteiger partial charge in [-0.3, -0.25) is 0 Å². The number of ether oxygens (including phenoxy) is 1. The maximum absolute atomic E-state index is 13.7. The van der Waals surface area contributed by atoms with Gasteiger partial charge < -0.3 is 10.1 Å². The Balaban J connectivity index is 1.72. The van der Waals surface area contributed by atoms with E-state index >= 15 is 0 Å². The summed E-state index contributed by atoms with van der Waals surface area (Å²) in [5.41, 5.74) is 1.88. The number of hydrogen-bond acceptors (Lipinski definition) is 2. The van der Waals surface area contributed by atoms with E-state index in [9.17, 15) is 4.39 Å². The summed E-state index contributed by atoms with van der Waals surface area (Å²) in [5, 5.41) is 3.72. The zero-order chi connectivity index (χ0) is 15.2. The van der Waals surface area contributed by atoms with E-state index in [1.165, 1.54) is 6.42 Å². The maximum atomic E-state index is 13.7. The monoisotopic (exact) mass is 291 g/mol. The molecule has 1 saturated carbocycles. The standard InChI is InChI=1S/C18H26FNO/c1-11-7-8-13(10-15(11)19)12(2)20-16-14-6-5-9-21-17(14)18(16,3)4/h7-8,10,12,14,16-17,20H,5-6,9H2,1-4H3. The summed E-state index contributed by atoms with van der Waals surface area (Å²) < 4.78 is 19.7. The minimum absolute atomic E-state index is 0.118. The first kappa shape index (κ1) is 15.0. The molecule has 1 aromatic rings. The summed E-state index contributed by atoms with van der Waals surface area (Å²) >= 11 is 0. The lowest BCUT2D eigenvalue weighted by molar-refractivity contribution is -0.194. The molecule has 3 rings (SSSR count). The number of rotatable bonds is 3. The predicted molar refractivity (Wildman–Crippen MR) is 82.7 cm³/mol. The van der Waals surface area contributed by atoms with Crippen LogP contribution in [0.5, 0.6) is 0 Å². The van der Waals surface area contributed by atoms with E-state index in [0.29, 0.717) is 23.6 Å². The summed E-state index contributed by atoms with van der Waals surface area (Å²) in [6.07, 6.45) is 2.77. The molecule has 0 aromatic heterocycles. The molecular weight excluding hydrogens is 265 g/mol. The van der Waals surface area contributed by atoms with Crippen LogP contribution in [0, 0.1) is 24.1 Å². The van der Waals surface area contributed by atoms with Crippen LogP contribution in [0.2, 0.25) is 0 Å². The van der Waals surface area contributed by atoms with Crippen molar-refractivity contribution in [3.8, 4) is 0 Å². The van der Waals surface area contributed by atoms with Gasteiger partial charge >= 0.3 is 0 Å². The predicted octanol–water partition coefficient (Wildman–Crippen LogP) is 3.99. The van der Waals surface area contributed by atoms with Crippen LogP contribution in [0.3, 0.4) is 0 Å². The summed E-state index contributed by atoms with van der Waals surface area (Å²) in [6.45, 7) is 9.38. The van der Waals surface area contributed by atoms with E-state index < -0.39 is 0 Å². The molecule has 116 valence electrons. The van der Waals surface area contributed by atoms with Crippen molar-refractivity contribution in [3.05, 3.63) is 35.1 Å². The molecule has 0 spiro atoms. The van der Waals surface area contributed by atoms with Gasteiger partial charge in [0.1, 0.15) is 5.82 Å². The van der Waals surface area contributed by atoms with Crippen LogP contribution >= 0.6 is 0 Å². The van der Waals surface area contributed by atoms with E-state index in [1.54, 1.807) is 13.0 Å². The highest BCUT2D eigenvalue weighted by atomic mass is 19.1. The molecular formula is C18H26FNO. The Morgan fingerprint density at radius 3 is 2.86 bits per heavy atom. The minimum Gasteiger partial charge on any atom is -0.377 e. The highest BCUT2D eigenvalue weighted by molar-refractivity contribution is 5.26. The topological polar surface area (TPSA) is 21.3 Å². The van der Waals surface area contributed by atoms with Crippen molar-refractivity contribution in [1.82, 2.24) is 5.32 Å². The molecule has 1 aliphatic heterocycles. The summed E-state index contributed by atoms with van der Waals surface area (Å²) in [5.74, 6) is 0.486.